The van der Waals surface area contributed by atoms with E-state index >= 15 is 0 Å². The van der Waals surface area contributed by atoms with Gasteiger partial charge < -0.3 is 14.8 Å². The highest BCUT2D eigenvalue weighted by molar-refractivity contribution is 6.30. The third-order valence-corrected chi connectivity index (χ3v) is 2.76. The number of anilines is 2. The molecule has 86 valence electrons. The van der Waals surface area contributed by atoms with E-state index in [2.05, 4.69) is 5.32 Å². The Hall–Kier alpha value is -1.87. The van der Waals surface area contributed by atoms with Crippen LogP contribution in [-0.2, 0) is 0 Å². The SMILES string of the molecule is Clc1ccc(Nc2ccc3c(c2)OCO3)cc1. The van der Waals surface area contributed by atoms with Crippen molar-refractivity contribution in [2.45, 2.75) is 0 Å². The van der Waals surface area contributed by atoms with Gasteiger partial charge in [-0.15, -0.1) is 0 Å². The van der Waals surface area contributed by atoms with Gasteiger partial charge in [0.05, 0.1) is 0 Å². The van der Waals surface area contributed by atoms with E-state index in [1.54, 1.807) is 0 Å². The maximum Gasteiger partial charge on any atom is 0.231 e. The molecule has 0 spiro atoms. The van der Waals surface area contributed by atoms with Crippen LogP contribution in [0.5, 0.6) is 11.5 Å². The molecule has 0 radical (unpaired) electrons. The number of hydrogen-bond acceptors (Lipinski definition) is 3. The van der Waals surface area contributed by atoms with Gasteiger partial charge in [0.25, 0.3) is 0 Å². The molecule has 0 atom stereocenters. The van der Waals surface area contributed by atoms with E-state index < -0.39 is 0 Å². The molecule has 0 fully saturated rings. The van der Waals surface area contributed by atoms with Gasteiger partial charge in [-0.1, -0.05) is 11.6 Å². The molecule has 0 amide bonds. The molecule has 1 N–H and O–H groups in total. The normalized spacial score (nSPS) is 12.5. The second-order valence-electron chi connectivity index (χ2n) is 3.70. The Kier molecular flexibility index (Phi) is 2.53. The van der Waals surface area contributed by atoms with Gasteiger partial charge in [0, 0.05) is 22.5 Å². The average molecular weight is 248 g/mol. The smallest absolute Gasteiger partial charge is 0.231 e. The van der Waals surface area contributed by atoms with Crippen molar-refractivity contribution in [1.29, 1.82) is 0 Å². The van der Waals surface area contributed by atoms with Gasteiger partial charge in [-0.05, 0) is 36.4 Å². The quantitative estimate of drug-likeness (QED) is 0.875. The number of halogens is 1. The van der Waals surface area contributed by atoms with Gasteiger partial charge in [-0.2, -0.15) is 0 Å². The topological polar surface area (TPSA) is 30.5 Å². The number of fused-ring (bicyclic) bond motifs is 1. The highest BCUT2D eigenvalue weighted by atomic mass is 35.5. The van der Waals surface area contributed by atoms with Crippen LogP contribution in [0, 0.1) is 0 Å². The summed E-state index contributed by atoms with van der Waals surface area (Å²) in [6.07, 6.45) is 0. The fourth-order valence-electron chi connectivity index (χ4n) is 1.67. The summed E-state index contributed by atoms with van der Waals surface area (Å²) in [4.78, 5) is 0. The molecule has 0 saturated carbocycles. The lowest BCUT2D eigenvalue weighted by Crippen LogP contribution is -1.93. The van der Waals surface area contributed by atoms with Crippen LogP contribution in [0.3, 0.4) is 0 Å². The molecule has 1 aliphatic heterocycles. The standard InChI is InChI=1S/C13H10ClNO2/c14-9-1-3-10(4-2-9)15-11-5-6-12-13(7-11)17-8-16-12/h1-7,15H,8H2. The van der Waals surface area contributed by atoms with E-state index in [4.69, 9.17) is 21.1 Å². The zero-order valence-corrected chi connectivity index (χ0v) is 9.70. The number of nitrogens with one attached hydrogen (secondary N) is 1. The van der Waals surface area contributed by atoms with Crippen LogP contribution in [-0.4, -0.2) is 6.79 Å². The monoisotopic (exact) mass is 247 g/mol. The predicted octanol–water partition coefficient (Wildman–Crippen LogP) is 3.81. The molecule has 0 aromatic heterocycles. The van der Waals surface area contributed by atoms with E-state index in [9.17, 15) is 0 Å². The Bertz CT molecular complexity index is 540. The van der Waals surface area contributed by atoms with Crippen LogP contribution in [0.15, 0.2) is 42.5 Å². The average Bonchev–Trinajstić information content (AvgIpc) is 2.79. The van der Waals surface area contributed by atoms with E-state index in [-0.39, 0.29) is 0 Å². The molecule has 0 bridgehead atoms. The number of hydrogen-bond donors (Lipinski definition) is 1. The van der Waals surface area contributed by atoms with Crippen molar-refractivity contribution < 1.29 is 9.47 Å². The van der Waals surface area contributed by atoms with Gasteiger partial charge in [-0.3, -0.25) is 0 Å². The zero-order chi connectivity index (χ0) is 11.7. The maximum atomic E-state index is 5.83. The van der Waals surface area contributed by atoms with Crippen LogP contribution in [0.1, 0.15) is 0 Å². The van der Waals surface area contributed by atoms with Crippen molar-refractivity contribution in [1.82, 2.24) is 0 Å². The summed E-state index contributed by atoms with van der Waals surface area (Å²) in [5.74, 6) is 1.55. The van der Waals surface area contributed by atoms with Crippen LogP contribution in [0.25, 0.3) is 0 Å². The number of ether oxygens (including phenoxy) is 2. The fourth-order valence-corrected chi connectivity index (χ4v) is 1.80. The summed E-state index contributed by atoms with van der Waals surface area (Å²) in [6, 6.07) is 13.3. The Labute approximate surface area is 104 Å². The molecule has 17 heavy (non-hydrogen) atoms. The van der Waals surface area contributed by atoms with Crippen LogP contribution < -0.4 is 14.8 Å². The van der Waals surface area contributed by atoms with E-state index in [0.29, 0.717) is 6.79 Å². The molecule has 1 heterocycles. The number of rotatable bonds is 2. The zero-order valence-electron chi connectivity index (χ0n) is 8.94. The highest BCUT2D eigenvalue weighted by Gasteiger charge is 2.12. The molecule has 0 aliphatic carbocycles. The lowest BCUT2D eigenvalue weighted by molar-refractivity contribution is 0.174. The molecular formula is C13H10ClNO2. The molecule has 2 aromatic carbocycles. The summed E-state index contributed by atoms with van der Waals surface area (Å²) in [7, 11) is 0. The van der Waals surface area contributed by atoms with Crippen molar-refractivity contribution in [3.63, 3.8) is 0 Å². The number of benzene rings is 2. The molecule has 4 heteroatoms. The molecule has 3 nitrogen and oxygen atoms in total. The van der Waals surface area contributed by atoms with Crippen LogP contribution in [0.2, 0.25) is 5.02 Å². The van der Waals surface area contributed by atoms with Gasteiger partial charge in [0.1, 0.15) is 0 Å². The van der Waals surface area contributed by atoms with Crippen molar-refractivity contribution in [2.75, 3.05) is 12.1 Å². The van der Waals surface area contributed by atoms with Crippen LogP contribution >= 0.6 is 11.6 Å². The highest BCUT2D eigenvalue weighted by Crippen LogP contribution is 2.35. The minimum atomic E-state index is 0.291. The Balaban J connectivity index is 1.83. The summed E-state index contributed by atoms with van der Waals surface area (Å²) >= 11 is 5.83. The van der Waals surface area contributed by atoms with E-state index in [1.165, 1.54) is 0 Å². The maximum absolute atomic E-state index is 5.83. The van der Waals surface area contributed by atoms with Gasteiger partial charge >= 0.3 is 0 Å². The van der Waals surface area contributed by atoms with Crippen molar-refractivity contribution >= 4 is 23.0 Å². The molecule has 2 aromatic rings. The summed E-state index contributed by atoms with van der Waals surface area (Å²) in [5.41, 5.74) is 1.94. The molecule has 0 saturated heterocycles. The predicted molar refractivity (Wildman–Crippen MR) is 67.3 cm³/mol. The van der Waals surface area contributed by atoms with Crippen molar-refractivity contribution in [2.24, 2.45) is 0 Å². The third-order valence-electron chi connectivity index (χ3n) is 2.51. The lowest BCUT2D eigenvalue weighted by atomic mass is 10.2. The van der Waals surface area contributed by atoms with Gasteiger partial charge in [0.2, 0.25) is 6.79 Å². The van der Waals surface area contributed by atoms with Crippen molar-refractivity contribution in [3.8, 4) is 11.5 Å². The largest absolute Gasteiger partial charge is 0.454 e. The molecule has 0 unspecified atom stereocenters. The van der Waals surface area contributed by atoms with E-state index in [0.717, 1.165) is 27.9 Å². The van der Waals surface area contributed by atoms with Gasteiger partial charge in [-0.25, -0.2) is 0 Å². The first-order valence-corrected chi connectivity index (χ1v) is 5.61. The Morgan fingerprint density at radius 3 is 2.41 bits per heavy atom. The first-order valence-electron chi connectivity index (χ1n) is 5.23. The second kappa shape index (κ2) is 4.18. The Morgan fingerprint density at radius 2 is 1.59 bits per heavy atom. The first kappa shape index (κ1) is 10.3. The molecule has 1 aliphatic rings. The minimum Gasteiger partial charge on any atom is -0.454 e. The summed E-state index contributed by atoms with van der Waals surface area (Å²) in [6.45, 7) is 0.291. The lowest BCUT2D eigenvalue weighted by Gasteiger charge is -2.07. The first-order chi connectivity index (χ1) is 8.31. The van der Waals surface area contributed by atoms with E-state index in [1.807, 2.05) is 42.5 Å². The van der Waals surface area contributed by atoms with Gasteiger partial charge in [0.15, 0.2) is 11.5 Å². The summed E-state index contributed by atoms with van der Waals surface area (Å²) in [5, 5.41) is 3.99. The Morgan fingerprint density at radius 1 is 0.882 bits per heavy atom. The van der Waals surface area contributed by atoms with Crippen molar-refractivity contribution in [3.05, 3.63) is 47.5 Å². The fraction of sp³-hybridized carbons (Fsp3) is 0.0769. The summed E-state index contributed by atoms with van der Waals surface area (Å²) < 4.78 is 10.6. The third kappa shape index (κ3) is 2.15. The van der Waals surface area contributed by atoms with Crippen LogP contribution in [0.4, 0.5) is 11.4 Å². The molecular weight excluding hydrogens is 238 g/mol. The molecule has 3 rings (SSSR count). The second-order valence-corrected chi connectivity index (χ2v) is 4.14. The minimum absolute atomic E-state index is 0.291.